The van der Waals surface area contributed by atoms with E-state index in [9.17, 15) is 4.79 Å². The standard InChI is InChI=1S/C12H12ClN3O2S/c1-7-3-4-8(13)5-9(7)11-14-12(16(2)15-11)19-6-10(17)18/h3-5H,6H2,1-2H3,(H,17,18). The van der Waals surface area contributed by atoms with Crippen LogP contribution in [-0.2, 0) is 11.8 Å². The molecule has 19 heavy (non-hydrogen) atoms. The van der Waals surface area contributed by atoms with Crippen molar-refractivity contribution in [2.24, 2.45) is 7.05 Å². The molecule has 0 aliphatic heterocycles. The van der Waals surface area contributed by atoms with Crippen molar-refractivity contribution in [3.63, 3.8) is 0 Å². The van der Waals surface area contributed by atoms with Crippen molar-refractivity contribution in [3.8, 4) is 11.4 Å². The van der Waals surface area contributed by atoms with Gasteiger partial charge in [0.15, 0.2) is 11.0 Å². The molecule has 0 aliphatic rings. The van der Waals surface area contributed by atoms with Gasteiger partial charge < -0.3 is 5.11 Å². The summed E-state index contributed by atoms with van der Waals surface area (Å²) >= 11 is 7.11. The van der Waals surface area contributed by atoms with E-state index in [0.717, 1.165) is 22.9 Å². The van der Waals surface area contributed by atoms with Crippen molar-refractivity contribution < 1.29 is 9.90 Å². The van der Waals surface area contributed by atoms with E-state index in [0.29, 0.717) is 16.0 Å². The molecule has 1 N–H and O–H groups in total. The number of carbonyl (C=O) groups is 1. The summed E-state index contributed by atoms with van der Waals surface area (Å²) in [6.07, 6.45) is 0. The largest absolute Gasteiger partial charge is 0.481 e. The number of nitrogens with zero attached hydrogens (tertiary/aromatic N) is 3. The molecule has 0 atom stereocenters. The average molecular weight is 298 g/mol. The van der Waals surface area contributed by atoms with Crippen LogP contribution in [0.1, 0.15) is 5.56 Å². The first-order valence-corrected chi connectivity index (χ1v) is 6.86. The number of carboxylic acids is 1. The highest BCUT2D eigenvalue weighted by Crippen LogP contribution is 2.26. The fourth-order valence-electron chi connectivity index (χ4n) is 1.57. The Bertz CT molecular complexity index is 627. The molecular formula is C12H12ClN3O2S. The number of halogens is 1. The Morgan fingerprint density at radius 3 is 2.95 bits per heavy atom. The van der Waals surface area contributed by atoms with Crippen molar-refractivity contribution in [2.75, 3.05) is 5.75 Å². The first-order chi connectivity index (χ1) is 8.97. The first kappa shape index (κ1) is 13.9. The second-order valence-corrected chi connectivity index (χ2v) is 5.36. The Morgan fingerprint density at radius 2 is 2.26 bits per heavy atom. The lowest BCUT2D eigenvalue weighted by molar-refractivity contribution is -0.133. The highest BCUT2D eigenvalue weighted by Gasteiger charge is 2.13. The Hall–Kier alpha value is -1.53. The van der Waals surface area contributed by atoms with Crippen LogP contribution >= 0.6 is 23.4 Å². The number of aromatic nitrogens is 3. The summed E-state index contributed by atoms with van der Waals surface area (Å²) in [5, 5.41) is 14.2. The molecule has 0 aliphatic carbocycles. The smallest absolute Gasteiger partial charge is 0.313 e. The Morgan fingerprint density at radius 1 is 1.53 bits per heavy atom. The third-order valence-electron chi connectivity index (χ3n) is 2.49. The van der Waals surface area contributed by atoms with Crippen LogP contribution in [0.2, 0.25) is 5.02 Å². The van der Waals surface area contributed by atoms with Gasteiger partial charge in [-0.1, -0.05) is 29.4 Å². The molecule has 0 fully saturated rings. The van der Waals surface area contributed by atoms with E-state index in [1.54, 1.807) is 17.8 Å². The number of carboxylic acid groups (broad SMARTS) is 1. The summed E-state index contributed by atoms with van der Waals surface area (Å²) in [6, 6.07) is 5.51. The molecule has 1 aromatic heterocycles. The third kappa shape index (κ3) is 3.27. The van der Waals surface area contributed by atoms with Crippen molar-refractivity contribution >= 4 is 29.3 Å². The van der Waals surface area contributed by atoms with Gasteiger partial charge >= 0.3 is 5.97 Å². The van der Waals surface area contributed by atoms with Gasteiger partial charge in [0.05, 0.1) is 5.75 Å². The SMILES string of the molecule is Cc1ccc(Cl)cc1-c1nc(SCC(=O)O)n(C)n1. The fraction of sp³-hybridized carbons (Fsp3) is 0.250. The maximum absolute atomic E-state index is 10.6. The molecule has 0 saturated heterocycles. The minimum Gasteiger partial charge on any atom is -0.481 e. The van der Waals surface area contributed by atoms with Gasteiger partial charge in [0.1, 0.15) is 0 Å². The molecular weight excluding hydrogens is 286 g/mol. The summed E-state index contributed by atoms with van der Waals surface area (Å²) in [7, 11) is 1.74. The van der Waals surface area contributed by atoms with Gasteiger partial charge in [0.2, 0.25) is 0 Å². The van der Waals surface area contributed by atoms with Crippen LogP contribution in [-0.4, -0.2) is 31.6 Å². The van der Waals surface area contributed by atoms with Gasteiger partial charge in [0, 0.05) is 17.6 Å². The summed E-state index contributed by atoms with van der Waals surface area (Å²) in [5.74, 6) is -0.371. The topological polar surface area (TPSA) is 68.0 Å². The number of thioether (sulfide) groups is 1. The lowest BCUT2D eigenvalue weighted by atomic mass is 10.1. The van der Waals surface area contributed by atoms with E-state index in [2.05, 4.69) is 10.1 Å². The van der Waals surface area contributed by atoms with Gasteiger partial charge in [-0.25, -0.2) is 9.67 Å². The normalized spacial score (nSPS) is 10.7. The third-order valence-corrected chi connectivity index (χ3v) is 3.73. The summed E-state index contributed by atoms with van der Waals surface area (Å²) in [5.41, 5.74) is 1.87. The number of benzene rings is 1. The van der Waals surface area contributed by atoms with Crippen molar-refractivity contribution in [2.45, 2.75) is 12.1 Å². The lowest BCUT2D eigenvalue weighted by Crippen LogP contribution is -2.00. The minimum absolute atomic E-state index is 0.0412. The molecule has 0 bridgehead atoms. The Balaban J connectivity index is 2.33. The number of aryl methyl sites for hydroxylation is 2. The Kier molecular flexibility index (Phi) is 4.11. The van der Waals surface area contributed by atoms with Gasteiger partial charge in [-0.15, -0.1) is 0 Å². The summed E-state index contributed by atoms with van der Waals surface area (Å²) in [6.45, 7) is 1.95. The number of aliphatic carboxylic acids is 1. The van der Waals surface area contributed by atoms with E-state index in [-0.39, 0.29) is 5.75 Å². The van der Waals surface area contributed by atoms with Crippen molar-refractivity contribution in [1.82, 2.24) is 14.8 Å². The van der Waals surface area contributed by atoms with Crippen LogP contribution in [0.4, 0.5) is 0 Å². The Labute approximate surface area is 119 Å². The second kappa shape index (κ2) is 5.63. The van der Waals surface area contributed by atoms with E-state index in [1.165, 1.54) is 0 Å². The van der Waals surface area contributed by atoms with Crippen molar-refractivity contribution in [1.29, 1.82) is 0 Å². The lowest BCUT2D eigenvalue weighted by Gasteiger charge is -2.01. The monoisotopic (exact) mass is 297 g/mol. The van der Waals surface area contributed by atoms with Crippen LogP contribution < -0.4 is 0 Å². The van der Waals surface area contributed by atoms with Gasteiger partial charge in [-0.2, -0.15) is 5.10 Å². The zero-order valence-electron chi connectivity index (χ0n) is 10.4. The van der Waals surface area contributed by atoms with E-state index >= 15 is 0 Å². The second-order valence-electron chi connectivity index (χ2n) is 3.98. The molecule has 0 unspecified atom stereocenters. The van der Waals surface area contributed by atoms with Crippen LogP contribution in [0.5, 0.6) is 0 Å². The van der Waals surface area contributed by atoms with Crippen molar-refractivity contribution in [3.05, 3.63) is 28.8 Å². The van der Waals surface area contributed by atoms with E-state index in [4.69, 9.17) is 16.7 Å². The molecule has 100 valence electrons. The van der Waals surface area contributed by atoms with Gasteiger partial charge in [-0.05, 0) is 24.6 Å². The highest BCUT2D eigenvalue weighted by atomic mass is 35.5. The fourth-order valence-corrected chi connectivity index (χ4v) is 2.37. The maximum atomic E-state index is 10.6. The molecule has 2 aromatic rings. The summed E-state index contributed by atoms with van der Waals surface area (Å²) < 4.78 is 1.57. The van der Waals surface area contributed by atoms with Crippen LogP contribution in [0.25, 0.3) is 11.4 Å². The molecule has 5 nitrogen and oxygen atoms in total. The average Bonchev–Trinajstić information content (AvgIpc) is 2.71. The molecule has 0 spiro atoms. The van der Waals surface area contributed by atoms with Crippen LogP contribution in [0.15, 0.2) is 23.4 Å². The number of rotatable bonds is 4. The quantitative estimate of drug-likeness (QED) is 0.879. The number of hydrogen-bond donors (Lipinski definition) is 1. The molecule has 1 aromatic carbocycles. The van der Waals surface area contributed by atoms with E-state index < -0.39 is 5.97 Å². The summed E-state index contributed by atoms with van der Waals surface area (Å²) in [4.78, 5) is 14.9. The predicted octanol–water partition coefficient (Wildman–Crippen LogP) is 2.62. The van der Waals surface area contributed by atoms with Gasteiger partial charge in [-0.3, -0.25) is 4.79 Å². The highest BCUT2D eigenvalue weighted by molar-refractivity contribution is 7.99. The zero-order valence-corrected chi connectivity index (χ0v) is 12.0. The van der Waals surface area contributed by atoms with Crippen LogP contribution in [0.3, 0.4) is 0 Å². The zero-order chi connectivity index (χ0) is 14.0. The molecule has 0 amide bonds. The van der Waals surface area contributed by atoms with Gasteiger partial charge in [0.25, 0.3) is 0 Å². The maximum Gasteiger partial charge on any atom is 0.313 e. The molecule has 2 rings (SSSR count). The first-order valence-electron chi connectivity index (χ1n) is 5.49. The molecule has 1 heterocycles. The molecule has 0 radical (unpaired) electrons. The minimum atomic E-state index is -0.881. The molecule has 0 saturated carbocycles. The predicted molar refractivity (Wildman–Crippen MR) is 74.5 cm³/mol. The van der Waals surface area contributed by atoms with E-state index in [1.807, 2.05) is 19.1 Å². The number of hydrogen-bond acceptors (Lipinski definition) is 4. The van der Waals surface area contributed by atoms with Crippen LogP contribution in [0, 0.1) is 6.92 Å². The molecule has 7 heteroatoms.